The molecule has 0 aliphatic heterocycles. The lowest BCUT2D eigenvalue weighted by Gasteiger charge is -2.12. The third-order valence-electron chi connectivity index (χ3n) is 2.19. The third kappa shape index (κ3) is 3.21. The first kappa shape index (κ1) is 13.0. The van der Waals surface area contributed by atoms with Crippen molar-refractivity contribution in [1.29, 1.82) is 0 Å². The summed E-state index contributed by atoms with van der Waals surface area (Å²) >= 11 is 0. The predicted octanol–water partition coefficient (Wildman–Crippen LogP) is 1.27. The van der Waals surface area contributed by atoms with E-state index >= 15 is 0 Å². The average molecular weight is 243 g/mol. The topological polar surface area (TPSA) is 66.4 Å². The Kier molecular flexibility index (Phi) is 4.32. The van der Waals surface area contributed by atoms with Gasteiger partial charge in [-0.15, -0.1) is 0 Å². The van der Waals surface area contributed by atoms with Gasteiger partial charge in [0.05, 0.1) is 22.4 Å². The molecule has 0 saturated carbocycles. The number of aliphatic hydroxyl groups excluding tert-OH is 1. The van der Waals surface area contributed by atoms with Gasteiger partial charge in [0.1, 0.15) is 0 Å². The van der Waals surface area contributed by atoms with Crippen LogP contribution in [0, 0.1) is 0 Å². The van der Waals surface area contributed by atoms with Crippen LogP contribution in [0.25, 0.3) is 0 Å². The number of nitrogens with one attached hydrogen (secondary N) is 1. The van der Waals surface area contributed by atoms with E-state index < -0.39 is 15.9 Å². The lowest BCUT2D eigenvalue weighted by molar-refractivity contribution is 0.208. The number of hydrogen-bond donors (Lipinski definition) is 2. The zero-order valence-electron chi connectivity index (χ0n) is 9.47. The Balaban J connectivity index is 3.01. The molecule has 1 atom stereocenters. The van der Waals surface area contributed by atoms with Crippen LogP contribution in [0.4, 0.5) is 5.69 Å². The molecule has 5 heteroatoms. The third-order valence-corrected chi connectivity index (χ3v) is 3.98. The molecule has 2 N–H and O–H groups in total. The Bertz CT molecular complexity index is 440. The fraction of sp³-hybridized carbons (Fsp3) is 0.455. The van der Waals surface area contributed by atoms with E-state index in [1.165, 1.54) is 0 Å². The summed E-state index contributed by atoms with van der Waals surface area (Å²) in [6, 6.07) is 6.73. The monoisotopic (exact) mass is 243 g/mol. The van der Waals surface area contributed by atoms with Crippen molar-refractivity contribution in [3.05, 3.63) is 24.3 Å². The Morgan fingerprint density at radius 3 is 2.56 bits per heavy atom. The molecule has 0 bridgehead atoms. The van der Waals surface area contributed by atoms with E-state index in [-0.39, 0.29) is 10.6 Å². The molecule has 16 heavy (non-hydrogen) atoms. The summed E-state index contributed by atoms with van der Waals surface area (Å²) in [7, 11) is -3.22. The average Bonchev–Trinajstić information content (AvgIpc) is 2.26. The molecule has 0 radical (unpaired) electrons. The second-order valence-electron chi connectivity index (χ2n) is 3.63. The van der Waals surface area contributed by atoms with Crippen LogP contribution in [0.5, 0.6) is 0 Å². The van der Waals surface area contributed by atoms with E-state index in [4.69, 9.17) is 5.11 Å². The Morgan fingerprint density at radius 1 is 1.38 bits per heavy atom. The number of rotatable bonds is 5. The highest BCUT2D eigenvalue weighted by molar-refractivity contribution is 7.91. The highest BCUT2D eigenvalue weighted by atomic mass is 32.2. The minimum Gasteiger partial charge on any atom is -0.392 e. The Morgan fingerprint density at radius 2 is 2.00 bits per heavy atom. The van der Waals surface area contributed by atoms with Crippen molar-refractivity contribution in [1.82, 2.24) is 0 Å². The van der Waals surface area contributed by atoms with Gasteiger partial charge >= 0.3 is 0 Å². The van der Waals surface area contributed by atoms with Crippen LogP contribution in [0.3, 0.4) is 0 Å². The second kappa shape index (κ2) is 5.32. The maximum atomic E-state index is 11.8. The minimum atomic E-state index is -3.22. The highest BCUT2D eigenvalue weighted by Gasteiger charge is 2.15. The number of sulfone groups is 1. The van der Waals surface area contributed by atoms with Crippen LogP contribution < -0.4 is 5.32 Å². The van der Waals surface area contributed by atoms with E-state index in [2.05, 4.69) is 5.32 Å². The van der Waals surface area contributed by atoms with Crippen LogP contribution in [0.2, 0.25) is 0 Å². The minimum absolute atomic E-state index is 0.0698. The van der Waals surface area contributed by atoms with Gasteiger partial charge < -0.3 is 10.4 Å². The number of benzene rings is 1. The number of para-hydroxylation sites is 1. The van der Waals surface area contributed by atoms with E-state index in [0.717, 1.165) is 0 Å². The molecule has 1 aromatic carbocycles. The van der Waals surface area contributed by atoms with E-state index in [1.807, 2.05) is 0 Å². The molecule has 0 heterocycles. The van der Waals surface area contributed by atoms with Gasteiger partial charge in [0.2, 0.25) is 0 Å². The van der Waals surface area contributed by atoms with Crippen molar-refractivity contribution in [2.75, 3.05) is 17.6 Å². The molecule has 1 aromatic rings. The van der Waals surface area contributed by atoms with Crippen LogP contribution in [0.15, 0.2) is 29.2 Å². The zero-order chi connectivity index (χ0) is 12.2. The van der Waals surface area contributed by atoms with Crippen molar-refractivity contribution in [2.24, 2.45) is 0 Å². The molecule has 90 valence electrons. The Hall–Kier alpha value is -1.07. The lowest BCUT2D eigenvalue weighted by Crippen LogP contribution is -2.17. The predicted molar refractivity (Wildman–Crippen MR) is 64.3 cm³/mol. The standard InChI is InChI=1S/C11H17NO3S/c1-3-16(14,15)11-7-5-4-6-10(11)12-8-9(2)13/h4-7,9,12-13H,3,8H2,1-2H3. The van der Waals surface area contributed by atoms with Gasteiger partial charge in [-0.05, 0) is 19.1 Å². The lowest BCUT2D eigenvalue weighted by atomic mass is 10.3. The van der Waals surface area contributed by atoms with Crippen LogP contribution >= 0.6 is 0 Å². The van der Waals surface area contributed by atoms with Gasteiger partial charge in [0.25, 0.3) is 0 Å². The Labute approximate surface area is 96.2 Å². The van der Waals surface area contributed by atoms with E-state index in [9.17, 15) is 8.42 Å². The van der Waals surface area contributed by atoms with Gasteiger partial charge in [-0.3, -0.25) is 0 Å². The fourth-order valence-corrected chi connectivity index (χ4v) is 2.37. The van der Waals surface area contributed by atoms with Crippen molar-refractivity contribution >= 4 is 15.5 Å². The second-order valence-corrected chi connectivity index (χ2v) is 5.88. The van der Waals surface area contributed by atoms with E-state index in [0.29, 0.717) is 12.2 Å². The maximum Gasteiger partial charge on any atom is 0.180 e. The molecule has 1 rings (SSSR count). The van der Waals surface area contributed by atoms with Crippen molar-refractivity contribution < 1.29 is 13.5 Å². The number of hydrogen-bond acceptors (Lipinski definition) is 4. The van der Waals surface area contributed by atoms with Crippen LogP contribution in [-0.4, -0.2) is 31.9 Å². The van der Waals surface area contributed by atoms with Gasteiger partial charge in [0, 0.05) is 6.54 Å². The largest absolute Gasteiger partial charge is 0.392 e. The van der Waals surface area contributed by atoms with E-state index in [1.54, 1.807) is 38.1 Å². The molecular weight excluding hydrogens is 226 g/mol. The molecular formula is C11H17NO3S. The van der Waals surface area contributed by atoms with Crippen molar-refractivity contribution in [3.8, 4) is 0 Å². The number of aliphatic hydroxyl groups is 1. The molecule has 0 aromatic heterocycles. The maximum absolute atomic E-state index is 11.8. The van der Waals surface area contributed by atoms with Crippen molar-refractivity contribution in [2.45, 2.75) is 24.8 Å². The number of anilines is 1. The van der Waals surface area contributed by atoms with Gasteiger partial charge in [0.15, 0.2) is 9.84 Å². The SMILES string of the molecule is CCS(=O)(=O)c1ccccc1NCC(C)O. The molecule has 0 amide bonds. The summed E-state index contributed by atoms with van der Waals surface area (Å²) in [4.78, 5) is 0.290. The van der Waals surface area contributed by atoms with Crippen molar-refractivity contribution in [3.63, 3.8) is 0 Å². The quantitative estimate of drug-likeness (QED) is 0.817. The molecule has 0 fully saturated rings. The summed E-state index contributed by atoms with van der Waals surface area (Å²) in [5, 5.41) is 12.1. The van der Waals surface area contributed by atoms with Gasteiger partial charge in [-0.25, -0.2) is 8.42 Å². The first-order chi connectivity index (χ1) is 7.47. The zero-order valence-corrected chi connectivity index (χ0v) is 10.3. The summed E-state index contributed by atoms with van der Waals surface area (Å²) < 4.78 is 23.5. The summed E-state index contributed by atoms with van der Waals surface area (Å²) in [6.45, 7) is 3.58. The molecule has 0 saturated heterocycles. The molecule has 0 spiro atoms. The molecule has 0 aliphatic rings. The normalized spacial score (nSPS) is 13.4. The highest BCUT2D eigenvalue weighted by Crippen LogP contribution is 2.21. The van der Waals surface area contributed by atoms with Gasteiger partial charge in [-0.1, -0.05) is 19.1 Å². The first-order valence-corrected chi connectivity index (χ1v) is 6.86. The summed E-state index contributed by atoms with van der Waals surface area (Å²) in [5.74, 6) is 0.0698. The fourth-order valence-electron chi connectivity index (χ4n) is 1.30. The van der Waals surface area contributed by atoms with Crippen LogP contribution in [0.1, 0.15) is 13.8 Å². The molecule has 4 nitrogen and oxygen atoms in total. The summed E-state index contributed by atoms with van der Waals surface area (Å²) in [5.41, 5.74) is 0.547. The van der Waals surface area contributed by atoms with Crippen LogP contribution in [-0.2, 0) is 9.84 Å². The molecule has 0 aliphatic carbocycles. The summed E-state index contributed by atoms with van der Waals surface area (Å²) in [6.07, 6.45) is -0.516. The first-order valence-electron chi connectivity index (χ1n) is 5.21. The smallest absolute Gasteiger partial charge is 0.180 e. The van der Waals surface area contributed by atoms with Gasteiger partial charge in [-0.2, -0.15) is 0 Å². The molecule has 1 unspecified atom stereocenters.